The first-order valence-electron chi connectivity index (χ1n) is 7.30. The van der Waals surface area contributed by atoms with Crippen molar-refractivity contribution in [3.05, 3.63) is 71.7 Å². The van der Waals surface area contributed by atoms with E-state index < -0.39 is 0 Å². The van der Waals surface area contributed by atoms with E-state index >= 15 is 0 Å². The molecule has 0 aliphatic carbocycles. The first-order valence-corrected chi connectivity index (χ1v) is 7.30. The number of rotatable bonds is 5. The molecule has 0 spiro atoms. The number of hydrogen-bond donors (Lipinski definition) is 1. The van der Waals surface area contributed by atoms with Crippen LogP contribution in [-0.2, 0) is 13.1 Å². The van der Waals surface area contributed by atoms with Crippen molar-refractivity contribution in [2.45, 2.75) is 20.0 Å². The number of aromatic nitrogens is 1. The van der Waals surface area contributed by atoms with Crippen LogP contribution in [0.25, 0.3) is 10.9 Å². The standard InChI is InChI=1S/C18H19FN2/c1-2-20-12-14-7-5-9-18-16(14)10-11-21(18)13-15-6-3-4-8-17(15)19/h3-11,20H,2,12-13H2,1H3. The van der Waals surface area contributed by atoms with Gasteiger partial charge in [-0.25, -0.2) is 4.39 Å². The van der Waals surface area contributed by atoms with E-state index in [0.29, 0.717) is 12.1 Å². The smallest absolute Gasteiger partial charge is 0.128 e. The summed E-state index contributed by atoms with van der Waals surface area (Å²) in [5.41, 5.74) is 3.14. The van der Waals surface area contributed by atoms with Crippen molar-refractivity contribution >= 4 is 10.9 Å². The van der Waals surface area contributed by atoms with Gasteiger partial charge in [-0.2, -0.15) is 0 Å². The van der Waals surface area contributed by atoms with Crippen LogP contribution in [0.5, 0.6) is 0 Å². The van der Waals surface area contributed by atoms with Crippen molar-refractivity contribution in [1.29, 1.82) is 0 Å². The summed E-state index contributed by atoms with van der Waals surface area (Å²) in [6.07, 6.45) is 2.03. The van der Waals surface area contributed by atoms with Crippen LogP contribution in [-0.4, -0.2) is 11.1 Å². The van der Waals surface area contributed by atoms with Gasteiger partial charge in [0.1, 0.15) is 5.82 Å². The van der Waals surface area contributed by atoms with Gasteiger partial charge in [-0.05, 0) is 30.3 Å². The van der Waals surface area contributed by atoms with E-state index in [0.717, 1.165) is 18.6 Å². The minimum Gasteiger partial charge on any atom is -0.343 e. The van der Waals surface area contributed by atoms with Crippen LogP contribution in [0.4, 0.5) is 4.39 Å². The van der Waals surface area contributed by atoms with Crippen molar-refractivity contribution in [3.8, 4) is 0 Å². The molecule has 0 radical (unpaired) electrons. The second-order valence-electron chi connectivity index (χ2n) is 5.17. The zero-order chi connectivity index (χ0) is 14.7. The average Bonchev–Trinajstić information content (AvgIpc) is 2.91. The van der Waals surface area contributed by atoms with Gasteiger partial charge in [0, 0.05) is 29.2 Å². The van der Waals surface area contributed by atoms with Gasteiger partial charge < -0.3 is 9.88 Å². The number of nitrogens with zero attached hydrogens (tertiary/aromatic N) is 1. The van der Waals surface area contributed by atoms with E-state index in [2.05, 4.69) is 41.1 Å². The van der Waals surface area contributed by atoms with Crippen LogP contribution >= 0.6 is 0 Å². The molecule has 3 rings (SSSR count). The second kappa shape index (κ2) is 6.10. The molecule has 0 amide bonds. The Morgan fingerprint density at radius 2 is 1.81 bits per heavy atom. The van der Waals surface area contributed by atoms with Gasteiger partial charge >= 0.3 is 0 Å². The Balaban J connectivity index is 1.95. The predicted molar refractivity (Wildman–Crippen MR) is 84.8 cm³/mol. The molecular weight excluding hydrogens is 263 g/mol. The Kier molecular flexibility index (Phi) is 4.02. The van der Waals surface area contributed by atoms with Crippen LogP contribution in [0.15, 0.2) is 54.7 Å². The van der Waals surface area contributed by atoms with E-state index in [1.54, 1.807) is 6.07 Å². The second-order valence-corrected chi connectivity index (χ2v) is 5.17. The van der Waals surface area contributed by atoms with Crippen molar-refractivity contribution < 1.29 is 4.39 Å². The fraction of sp³-hybridized carbons (Fsp3) is 0.222. The third-order valence-corrected chi connectivity index (χ3v) is 3.77. The highest BCUT2D eigenvalue weighted by atomic mass is 19.1. The molecule has 0 fully saturated rings. The molecule has 2 nitrogen and oxygen atoms in total. The fourth-order valence-corrected chi connectivity index (χ4v) is 2.65. The largest absolute Gasteiger partial charge is 0.343 e. The van der Waals surface area contributed by atoms with E-state index in [1.807, 2.05) is 18.3 Å². The topological polar surface area (TPSA) is 17.0 Å². The Hall–Kier alpha value is -2.13. The summed E-state index contributed by atoms with van der Waals surface area (Å²) in [7, 11) is 0. The van der Waals surface area contributed by atoms with Gasteiger partial charge in [0.15, 0.2) is 0 Å². The Morgan fingerprint density at radius 1 is 1.00 bits per heavy atom. The zero-order valence-corrected chi connectivity index (χ0v) is 12.1. The highest BCUT2D eigenvalue weighted by Crippen LogP contribution is 2.22. The molecule has 0 atom stereocenters. The third kappa shape index (κ3) is 2.83. The van der Waals surface area contributed by atoms with Crippen LogP contribution in [0.3, 0.4) is 0 Å². The first kappa shape index (κ1) is 13.8. The highest BCUT2D eigenvalue weighted by Gasteiger charge is 2.07. The minimum absolute atomic E-state index is 0.150. The molecule has 3 heteroatoms. The number of halogens is 1. The van der Waals surface area contributed by atoms with Gasteiger partial charge in [-0.15, -0.1) is 0 Å². The summed E-state index contributed by atoms with van der Waals surface area (Å²) in [5, 5.41) is 4.59. The quantitative estimate of drug-likeness (QED) is 0.750. The fourth-order valence-electron chi connectivity index (χ4n) is 2.65. The van der Waals surface area contributed by atoms with Gasteiger partial charge in [-0.1, -0.05) is 37.3 Å². The van der Waals surface area contributed by atoms with Gasteiger partial charge in [0.25, 0.3) is 0 Å². The van der Waals surface area contributed by atoms with E-state index in [4.69, 9.17) is 0 Å². The average molecular weight is 282 g/mol. The summed E-state index contributed by atoms with van der Waals surface area (Å²) in [4.78, 5) is 0. The molecule has 1 heterocycles. The summed E-state index contributed by atoms with van der Waals surface area (Å²) in [6.45, 7) is 4.47. The monoisotopic (exact) mass is 282 g/mol. The summed E-state index contributed by atoms with van der Waals surface area (Å²) in [6, 6.07) is 15.4. The summed E-state index contributed by atoms with van der Waals surface area (Å²) in [5.74, 6) is -0.150. The Bertz CT molecular complexity index is 746. The predicted octanol–water partition coefficient (Wildman–Crippen LogP) is 3.94. The zero-order valence-electron chi connectivity index (χ0n) is 12.1. The number of benzene rings is 2. The molecular formula is C18H19FN2. The molecule has 0 aliphatic heterocycles. The van der Waals surface area contributed by atoms with Gasteiger partial charge in [-0.3, -0.25) is 0 Å². The van der Waals surface area contributed by atoms with Gasteiger partial charge in [0.05, 0.1) is 6.54 Å². The maximum absolute atomic E-state index is 13.8. The maximum Gasteiger partial charge on any atom is 0.128 e. The number of fused-ring (bicyclic) bond motifs is 1. The molecule has 108 valence electrons. The molecule has 0 saturated carbocycles. The number of nitrogens with one attached hydrogen (secondary N) is 1. The van der Waals surface area contributed by atoms with Crippen molar-refractivity contribution in [2.24, 2.45) is 0 Å². The maximum atomic E-state index is 13.8. The van der Waals surface area contributed by atoms with E-state index in [-0.39, 0.29) is 5.82 Å². The van der Waals surface area contributed by atoms with Crippen molar-refractivity contribution in [2.75, 3.05) is 6.54 Å². The molecule has 1 aromatic heterocycles. The van der Waals surface area contributed by atoms with Gasteiger partial charge in [0.2, 0.25) is 0 Å². The summed E-state index contributed by atoms with van der Waals surface area (Å²) >= 11 is 0. The lowest BCUT2D eigenvalue weighted by Gasteiger charge is -2.08. The van der Waals surface area contributed by atoms with Crippen LogP contribution in [0.1, 0.15) is 18.1 Å². The lowest BCUT2D eigenvalue weighted by atomic mass is 10.1. The van der Waals surface area contributed by atoms with Crippen molar-refractivity contribution in [3.63, 3.8) is 0 Å². The molecule has 0 unspecified atom stereocenters. The lowest BCUT2D eigenvalue weighted by molar-refractivity contribution is 0.602. The Morgan fingerprint density at radius 3 is 2.62 bits per heavy atom. The minimum atomic E-state index is -0.150. The molecule has 0 bridgehead atoms. The lowest BCUT2D eigenvalue weighted by Crippen LogP contribution is -2.11. The molecule has 21 heavy (non-hydrogen) atoms. The first-order chi connectivity index (χ1) is 10.3. The highest BCUT2D eigenvalue weighted by molar-refractivity contribution is 5.83. The van der Waals surface area contributed by atoms with Crippen LogP contribution in [0.2, 0.25) is 0 Å². The normalized spacial score (nSPS) is 11.1. The Labute approximate surface area is 124 Å². The summed E-state index contributed by atoms with van der Waals surface area (Å²) < 4.78 is 15.9. The molecule has 0 aliphatic rings. The molecule has 1 N–H and O–H groups in total. The molecule has 2 aromatic carbocycles. The van der Waals surface area contributed by atoms with E-state index in [1.165, 1.54) is 17.0 Å². The molecule has 3 aromatic rings. The van der Waals surface area contributed by atoms with Crippen LogP contribution in [0, 0.1) is 5.82 Å². The third-order valence-electron chi connectivity index (χ3n) is 3.77. The van der Waals surface area contributed by atoms with Crippen LogP contribution < -0.4 is 5.32 Å². The number of hydrogen-bond acceptors (Lipinski definition) is 1. The van der Waals surface area contributed by atoms with Crippen molar-refractivity contribution in [1.82, 2.24) is 9.88 Å². The molecule has 0 saturated heterocycles. The van der Waals surface area contributed by atoms with E-state index in [9.17, 15) is 4.39 Å². The SMILES string of the molecule is CCNCc1cccc2c1ccn2Cc1ccccc1F.